The fourth-order valence-corrected chi connectivity index (χ4v) is 4.34. The molecular weight excluding hydrogens is 476 g/mol. The number of halogens is 1. The highest BCUT2D eigenvalue weighted by Crippen LogP contribution is 2.41. The van der Waals surface area contributed by atoms with E-state index in [1.165, 1.54) is 10.6 Å². The Morgan fingerprint density at radius 1 is 1.06 bits per heavy atom. The van der Waals surface area contributed by atoms with Crippen LogP contribution in [0.25, 0.3) is 17.2 Å². The van der Waals surface area contributed by atoms with E-state index in [4.69, 9.17) is 21.1 Å². The molecular formula is C25H25ClN2O5S. The Kier molecular flexibility index (Phi) is 7.00. The second-order valence-corrected chi connectivity index (χ2v) is 10.3. The smallest absolute Gasteiger partial charge is 0.254 e. The van der Waals surface area contributed by atoms with Crippen LogP contribution in [0.1, 0.15) is 25.3 Å². The van der Waals surface area contributed by atoms with Gasteiger partial charge in [0, 0.05) is 46.7 Å². The first-order chi connectivity index (χ1) is 16.3. The fourth-order valence-electron chi connectivity index (χ4n) is 3.53. The molecule has 2 heterocycles. The molecule has 0 radical (unpaired) electrons. The average Bonchev–Trinajstić information content (AvgIpc) is 2.81. The number of sulfonamides is 1. The lowest BCUT2D eigenvalue weighted by atomic mass is 10.0. The lowest BCUT2D eigenvalue weighted by Gasteiger charge is -2.18. The SMILES string of the molecule is CCS(=O)(=O)Nc1ccc2c(c1)-c1cn(C)c(=O)cc1OCCC/C=C/c1cc(Cl)ccc1O2. The van der Waals surface area contributed by atoms with Crippen molar-refractivity contribution in [2.45, 2.75) is 19.8 Å². The van der Waals surface area contributed by atoms with Crippen molar-refractivity contribution < 1.29 is 17.9 Å². The minimum absolute atomic E-state index is 0.0603. The highest BCUT2D eigenvalue weighted by molar-refractivity contribution is 7.92. The van der Waals surface area contributed by atoms with Gasteiger partial charge in [0.05, 0.1) is 12.4 Å². The van der Waals surface area contributed by atoms with Crippen molar-refractivity contribution in [3.8, 4) is 28.4 Å². The predicted molar refractivity (Wildman–Crippen MR) is 135 cm³/mol. The number of rotatable bonds is 3. The number of aryl methyl sites for hydroxylation is 1. The van der Waals surface area contributed by atoms with Gasteiger partial charge in [0.1, 0.15) is 17.2 Å². The molecule has 0 spiro atoms. The molecule has 2 aromatic carbocycles. The summed E-state index contributed by atoms with van der Waals surface area (Å²) in [5, 5.41) is 0.588. The van der Waals surface area contributed by atoms with E-state index in [1.807, 2.05) is 18.2 Å². The van der Waals surface area contributed by atoms with E-state index in [1.54, 1.807) is 50.5 Å². The normalized spacial score (nSPS) is 14.6. The Hall–Kier alpha value is -3.23. The molecule has 34 heavy (non-hydrogen) atoms. The highest BCUT2D eigenvalue weighted by atomic mass is 35.5. The van der Waals surface area contributed by atoms with Gasteiger partial charge in [-0.1, -0.05) is 23.8 Å². The summed E-state index contributed by atoms with van der Waals surface area (Å²) < 4.78 is 40.7. The van der Waals surface area contributed by atoms with Gasteiger partial charge in [0.25, 0.3) is 5.56 Å². The van der Waals surface area contributed by atoms with E-state index >= 15 is 0 Å². The van der Waals surface area contributed by atoms with Gasteiger partial charge in [-0.2, -0.15) is 0 Å². The summed E-state index contributed by atoms with van der Waals surface area (Å²) >= 11 is 6.22. The molecule has 0 saturated heterocycles. The molecule has 0 saturated carbocycles. The van der Waals surface area contributed by atoms with Crippen LogP contribution in [0.3, 0.4) is 0 Å². The van der Waals surface area contributed by atoms with Crippen LogP contribution >= 0.6 is 11.6 Å². The Morgan fingerprint density at radius 3 is 2.65 bits per heavy atom. The van der Waals surface area contributed by atoms with Crippen LogP contribution in [0.4, 0.5) is 5.69 Å². The first-order valence-electron chi connectivity index (χ1n) is 10.9. The van der Waals surface area contributed by atoms with Crippen molar-refractivity contribution >= 4 is 33.4 Å². The second-order valence-electron chi connectivity index (χ2n) is 7.89. The number of anilines is 1. The summed E-state index contributed by atoms with van der Waals surface area (Å²) in [6, 6.07) is 11.8. The van der Waals surface area contributed by atoms with Crippen molar-refractivity contribution in [1.82, 2.24) is 4.57 Å². The summed E-state index contributed by atoms with van der Waals surface area (Å²) in [7, 11) is -1.84. The molecule has 0 bridgehead atoms. The van der Waals surface area contributed by atoms with E-state index in [2.05, 4.69) is 4.72 Å². The van der Waals surface area contributed by atoms with E-state index in [0.717, 1.165) is 18.4 Å². The molecule has 0 atom stereocenters. The van der Waals surface area contributed by atoms with Crippen molar-refractivity contribution in [1.29, 1.82) is 0 Å². The number of fused-ring (bicyclic) bond motifs is 4. The number of pyridine rings is 1. The van der Waals surface area contributed by atoms with Crippen LogP contribution in [0, 0.1) is 0 Å². The van der Waals surface area contributed by atoms with Gasteiger partial charge in [-0.3, -0.25) is 9.52 Å². The maximum atomic E-state index is 12.4. The summed E-state index contributed by atoms with van der Waals surface area (Å²) in [6.45, 7) is 1.97. The van der Waals surface area contributed by atoms with Crippen molar-refractivity contribution in [2.24, 2.45) is 7.05 Å². The Morgan fingerprint density at radius 2 is 1.85 bits per heavy atom. The minimum atomic E-state index is -3.49. The summed E-state index contributed by atoms with van der Waals surface area (Å²) in [4.78, 5) is 12.4. The molecule has 0 fully saturated rings. The molecule has 3 aromatic rings. The fraction of sp³-hybridized carbons (Fsp3) is 0.240. The molecule has 7 nitrogen and oxygen atoms in total. The molecule has 4 rings (SSSR count). The van der Waals surface area contributed by atoms with Crippen LogP contribution < -0.4 is 19.8 Å². The standard InChI is InChI=1S/C25H25ClN2O5S/c1-3-34(30,31)27-19-9-11-23-20(14-19)21-16-28(2)25(29)15-24(21)32-12-6-4-5-7-17-13-18(26)8-10-22(17)33-23/h5,7-11,13-16,27H,3-4,6,12H2,1-2H3/b7-5+. The Labute approximate surface area is 203 Å². The van der Waals surface area contributed by atoms with Crippen LogP contribution in [0.15, 0.2) is 59.5 Å². The number of hydrogen-bond donors (Lipinski definition) is 1. The number of nitrogens with one attached hydrogen (secondary N) is 1. The van der Waals surface area contributed by atoms with Gasteiger partial charge in [-0.25, -0.2) is 8.42 Å². The van der Waals surface area contributed by atoms with E-state index < -0.39 is 10.0 Å². The molecule has 1 N–H and O–H groups in total. The van der Waals surface area contributed by atoms with E-state index in [-0.39, 0.29) is 11.3 Å². The third-order valence-corrected chi connectivity index (χ3v) is 6.92. The molecule has 178 valence electrons. The van der Waals surface area contributed by atoms with Crippen molar-refractivity contribution in [2.75, 3.05) is 17.1 Å². The van der Waals surface area contributed by atoms with Crippen LogP contribution in [0.2, 0.25) is 5.02 Å². The van der Waals surface area contributed by atoms with E-state index in [0.29, 0.717) is 45.7 Å². The van der Waals surface area contributed by atoms with Crippen LogP contribution in [0.5, 0.6) is 17.2 Å². The topological polar surface area (TPSA) is 86.6 Å². The summed E-state index contributed by atoms with van der Waals surface area (Å²) in [6.07, 6.45) is 7.14. The number of nitrogens with zero attached hydrogens (tertiary/aromatic N) is 1. The first-order valence-corrected chi connectivity index (χ1v) is 12.9. The van der Waals surface area contributed by atoms with E-state index in [9.17, 15) is 13.2 Å². The molecule has 1 aliphatic rings. The molecule has 0 aliphatic carbocycles. The van der Waals surface area contributed by atoms with Gasteiger partial charge < -0.3 is 14.0 Å². The number of ether oxygens (including phenoxy) is 2. The summed E-state index contributed by atoms with van der Waals surface area (Å²) in [5.74, 6) is 1.41. The largest absolute Gasteiger partial charge is 0.493 e. The number of benzene rings is 2. The van der Waals surface area contributed by atoms with Crippen molar-refractivity contribution in [3.63, 3.8) is 0 Å². The minimum Gasteiger partial charge on any atom is -0.493 e. The zero-order chi connectivity index (χ0) is 24.3. The third-order valence-electron chi connectivity index (χ3n) is 5.38. The lowest BCUT2D eigenvalue weighted by molar-refractivity contribution is 0.312. The zero-order valence-corrected chi connectivity index (χ0v) is 20.4. The lowest BCUT2D eigenvalue weighted by Crippen LogP contribution is -2.16. The van der Waals surface area contributed by atoms with Gasteiger partial charge in [0.2, 0.25) is 10.0 Å². The van der Waals surface area contributed by atoms with Gasteiger partial charge in [-0.15, -0.1) is 0 Å². The van der Waals surface area contributed by atoms with Gasteiger partial charge in [-0.05, 0) is 56.2 Å². The molecule has 0 amide bonds. The second kappa shape index (κ2) is 9.95. The monoisotopic (exact) mass is 500 g/mol. The quantitative estimate of drug-likeness (QED) is 0.517. The number of aromatic nitrogens is 1. The molecule has 9 heteroatoms. The zero-order valence-electron chi connectivity index (χ0n) is 18.9. The average molecular weight is 501 g/mol. The Bertz CT molecular complexity index is 1410. The highest BCUT2D eigenvalue weighted by Gasteiger charge is 2.18. The molecule has 0 unspecified atom stereocenters. The predicted octanol–water partition coefficient (Wildman–Crippen LogP) is 5.45. The number of allylic oxidation sites excluding steroid dienone is 1. The van der Waals surface area contributed by atoms with Crippen LogP contribution in [-0.4, -0.2) is 25.3 Å². The van der Waals surface area contributed by atoms with Gasteiger partial charge >= 0.3 is 0 Å². The molecule has 1 aliphatic heterocycles. The van der Waals surface area contributed by atoms with Crippen molar-refractivity contribution in [3.05, 3.63) is 75.7 Å². The maximum Gasteiger partial charge on any atom is 0.254 e. The first kappa shape index (κ1) is 23.9. The van der Waals surface area contributed by atoms with Gasteiger partial charge in [0.15, 0.2) is 0 Å². The summed E-state index contributed by atoms with van der Waals surface area (Å²) in [5.41, 5.74) is 2.16. The maximum absolute atomic E-state index is 12.4. The van der Waals surface area contributed by atoms with Crippen LogP contribution in [-0.2, 0) is 17.1 Å². The third kappa shape index (κ3) is 5.46. The Balaban J connectivity index is 1.93. The number of hydrogen-bond acceptors (Lipinski definition) is 5. The molecule has 1 aromatic heterocycles.